The number of carbonyl (C=O) groups excluding carboxylic acids is 3. The summed E-state index contributed by atoms with van der Waals surface area (Å²) in [6.45, 7) is 0.0766. The molecule has 0 aromatic heterocycles. The second-order valence-corrected chi connectivity index (χ2v) is 7.29. The maximum atomic E-state index is 12.6. The van der Waals surface area contributed by atoms with Crippen LogP contribution in [0.15, 0.2) is 91.0 Å². The summed E-state index contributed by atoms with van der Waals surface area (Å²) in [5, 5.41) is 2.51. The molecule has 176 valence electrons. The van der Waals surface area contributed by atoms with Crippen molar-refractivity contribution < 1.29 is 28.7 Å². The van der Waals surface area contributed by atoms with Gasteiger partial charge in [-0.3, -0.25) is 9.63 Å². The van der Waals surface area contributed by atoms with Crippen molar-refractivity contribution >= 4 is 18.0 Å². The Hall–Kier alpha value is -4.17. The number of carbonyl (C=O) groups is 3. The summed E-state index contributed by atoms with van der Waals surface area (Å²) >= 11 is 0. The van der Waals surface area contributed by atoms with E-state index in [2.05, 4.69) is 10.8 Å². The van der Waals surface area contributed by atoms with Crippen LogP contribution in [-0.2, 0) is 32.3 Å². The van der Waals surface area contributed by atoms with Gasteiger partial charge in [0.05, 0.1) is 6.61 Å². The molecular formula is C26H26N2O6. The van der Waals surface area contributed by atoms with Crippen LogP contribution in [0.4, 0.5) is 4.79 Å². The van der Waals surface area contributed by atoms with E-state index in [1.807, 2.05) is 60.7 Å². The van der Waals surface area contributed by atoms with Crippen LogP contribution in [-0.4, -0.2) is 30.6 Å². The number of benzene rings is 3. The Morgan fingerprint density at radius 1 is 0.706 bits per heavy atom. The van der Waals surface area contributed by atoms with Crippen molar-refractivity contribution in [3.05, 3.63) is 108 Å². The monoisotopic (exact) mass is 462 g/mol. The normalized spacial score (nSPS) is 11.2. The molecule has 2 N–H and O–H groups in total. The van der Waals surface area contributed by atoms with E-state index in [0.717, 1.165) is 11.1 Å². The lowest BCUT2D eigenvalue weighted by Crippen LogP contribution is -2.43. The van der Waals surface area contributed by atoms with E-state index in [-0.39, 0.29) is 26.2 Å². The SMILES string of the molecule is O=C(NC(CCONC(=O)c1ccccc1)C(=O)OCc1ccccc1)OCc1ccccc1. The Morgan fingerprint density at radius 2 is 1.24 bits per heavy atom. The molecule has 0 aliphatic rings. The molecule has 0 radical (unpaired) electrons. The lowest BCUT2D eigenvalue weighted by molar-refractivity contribution is -0.148. The molecule has 3 aromatic carbocycles. The summed E-state index contributed by atoms with van der Waals surface area (Å²) < 4.78 is 10.6. The van der Waals surface area contributed by atoms with E-state index >= 15 is 0 Å². The van der Waals surface area contributed by atoms with Crippen LogP contribution in [0.25, 0.3) is 0 Å². The maximum absolute atomic E-state index is 12.6. The van der Waals surface area contributed by atoms with E-state index in [1.54, 1.807) is 30.3 Å². The number of esters is 1. The summed E-state index contributed by atoms with van der Waals surface area (Å²) in [6, 6.07) is 25.9. The van der Waals surface area contributed by atoms with E-state index < -0.39 is 24.0 Å². The van der Waals surface area contributed by atoms with Gasteiger partial charge in [0.15, 0.2) is 0 Å². The summed E-state index contributed by atoms with van der Waals surface area (Å²) in [7, 11) is 0. The van der Waals surface area contributed by atoms with Crippen LogP contribution in [0.1, 0.15) is 27.9 Å². The number of nitrogens with one attached hydrogen (secondary N) is 2. The zero-order valence-corrected chi connectivity index (χ0v) is 18.5. The van der Waals surface area contributed by atoms with Gasteiger partial charge in [0.2, 0.25) is 0 Å². The summed E-state index contributed by atoms with van der Waals surface area (Å²) in [5.74, 6) is -1.06. The molecule has 8 heteroatoms. The first kappa shape index (κ1) is 24.5. The van der Waals surface area contributed by atoms with Gasteiger partial charge in [-0.05, 0) is 23.3 Å². The van der Waals surface area contributed by atoms with Gasteiger partial charge in [-0.15, -0.1) is 0 Å². The first-order valence-electron chi connectivity index (χ1n) is 10.8. The molecule has 0 aliphatic carbocycles. The molecule has 0 saturated carbocycles. The predicted molar refractivity (Wildman–Crippen MR) is 124 cm³/mol. The maximum Gasteiger partial charge on any atom is 0.408 e. The smallest absolute Gasteiger partial charge is 0.408 e. The Bertz CT molecular complexity index is 1040. The Balaban J connectivity index is 1.51. The van der Waals surface area contributed by atoms with Gasteiger partial charge >= 0.3 is 12.1 Å². The third-order valence-electron chi connectivity index (χ3n) is 4.72. The zero-order valence-electron chi connectivity index (χ0n) is 18.5. The number of ether oxygens (including phenoxy) is 2. The number of hydrogen-bond donors (Lipinski definition) is 2. The van der Waals surface area contributed by atoms with E-state index in [1.165, 1.54) is 0 Å². The minimum atomic E-state index is -1.03. The van der Waals surface area contributed by atoms with Crippen LogP contribution in [0, 0.1) is 0 Å². The van der Waals surface area contributed by atoms with Gasteiger partial charge in [-0.2, -0.15) is 0 Å². The second-order valence-electron chi connectivity index (χ2n) is 7.29. The Morgan fingerprint density at radius 3 is 1.82 bits per heavy atom. The number of hydroxylamine groups is 1. The number of hydrogen-bond acceptors (Lipinski definition) is 6. The van der Waals surface area contributed by atoms with Crippen molar-refractivity contribution in [2.75, 3.05) is 6.61 Å². The van der Waals surface area contributed by atoms with Crippen molar-refractivity contribution in [2.45, 2.75) is 25.7 Å². The fourth-order valence-corrected chi connectivity index (χ4v) is 2.93. The van der Waals surface area contributed by atoms with Crippen molar-refractivity contribution in [3.63, 3.8) is 0 Å². The average molecular weight is 463 g/mol. The van der Waals surface area contributed by atoms with E-state index in [4.69, 9.17) is 14.3 Å². The summed E-state index contributed by atoms with van der Waals surface area (Å²) in [6.07, 6.45) is -0.706. The van der Waals surface area contributed by atoms with Crippen LogP contribution in [0.3, 0.4) is 0 Å². The Kier molecular flexibility index (Phi) is 9.64. The molecule has 3 aromatic rings. The first-order chi connectivity index (χ1) is 16.6. The molecular weight excluding hydrogens is 436 g/mol. The van der Waals surface area contributed by atoms with Gasteiger partial charge in [0.1, 0.15) is 19.3 Å². The second kappa shape index (κ2) is 13.4. The average Bonchev–Trinajstić information content (AvgIpc) is 2.89. The number of amides is 2. The lowest BCUT2D eigenvalue weighted by atomic mass is 10.2. The molecule has 0 bridgehead atoms. The summed E-state index contributed by atoms with van der Waals surface area (Å²) in [4.78, 5) is 42.2. The lowest BCUT2D eigenvalue weighted by Gasteiger charge is -2.18. The molecule has 8 nitrogen and oxygen atoms in total. The molecule has 2 amide bonds. The highest BCUT2D eigenvalue weighted by molar-refractivity contribution is 5.93. The third-order valence-corrected chi connectivity index (χ3v) is 4.72. The zero-order chi connectivity index (χ0) is 24.0. The molecule has 0 saturated heterocycles. The van der Waals surface area contributed by atoms with Gasteiger partial charge < -0.3 is 14.8 Å². The number of rotatable bonds is 11. The molecule has 0 aliphatic heterocycles. The molecule has 34 heavy (non-hydrogen) atoms. The van der Waals surface area contributed by atoms with Crippen LogP contribution < -0.4 is 10.8 Å². The van der Waals surface area contributed by atoms with Gasteiger partial charge in [0, 0.05) is 12.0 Å². The molecule has 1 atom stereocenters. The minimum Gasteiger partial charge on any atom is -0.459 e. The van der Waals surface area contributed by atoms with Crippen molar-refractivity contribution in [1.29, 1.82) is 0 Å². The molecule has 0 spiro atoms. The third kappa shape index (κ3) is 8.40. The highest BCUT2D eigenvalue weighted by atomic mass is 16.7. The first-order valence-corrected chi connectivity index (χ1v) is 10.8. The van der Waals surface area contributed by atoms with Crippen LogP contribution in [0.5, 0.6) is 0 Å². The van der Waals surface area contributed by atoms with Crippen LogP contribution >= 0.6 is 0 Å². The van der Waals surface area contributed by atoms with Gasteiger partial charge in [-0.1, -0.05) is 78.9 Å². The fraction of sp³-hybridized carbons (Fsp3) is 0.192. The molecule has 0 heterocycles. The molecule has 0 fully saturated rings. The van der Waals surface area contributed by atoms with Crippen molar-refractivity contribution in [1.82, 2.24) is 10.8 Å². The van der Waals surface area contributed by atoms with Gasteiger partial charge in [-0.25, -0.2) is 15.1 Å². The summed E-state index contributed by atoms with van der Waals surface area (Å²) in [5.41, 5.74) is 4.38. The van der Waals surface area contributed by atoms with E-state index in [0.29, 0.717) is 5.56 Å². The standard InChI is InChI=1S/C26H26N2O6/c29-24(22-14-8-3-9-15-22)28-34-17-16-23(25(30)32-18-20-10-4-1-5-11-20)27-26(31)33-19-21-12-6-2-7-13-21/h1-15,23H,16-19H2,(H,27,31)(H,28,29). The highest BCUT2D eigenvalue weighted by Crippen LogP contribution is 2.06. The topological polar surface area (TPSA) is 103 Å². The number of alkyl carbamates (subject to hydrolysis) is 1. The molecule has 1 unspecified atom stereocenters. The molecule has 3 rings (SSSR count). The Labute approximate surface area is 197 Å². The predicted octanol–water partition coefficient (Wildman–Crippen LogP) is 3.78. The minimum absolute atomic E-state index is 0.0390. The van der Waals surface area contributed by atoms with Crippen LogP contribution in [0.2, 0.25) is 0 Å². The largest absolute Gasteiger partial charge is 0.459 e. The highest BCUT2D eigenvalue weighted by Gasteiger charge is 2.23. The fourth-order valence-electron chi connectivity index (χ4n) is 2.93. The quantitative estimate of drug-likeness (QED) is 0.255. The van der Waals surface area contributed by atoms with Crippen molar-refractivity contribution in [3.8, 4) is 0 Å². The van der Waals surface area contributed by atoms with E-state index in [9.17, 15) is 14.4 Å². The van der Waals surface area contributed by atoms with Crippen molar-refractivity contribution in [2.24, 2.45) is 0 Å². The van der Waals surface area contributed by atoms with Gasteiger partial charge in [0.25, 0.3) is 5.91 Å².